The number of allylic oxidation sites excluding steroid dienone is 2. The number of hydrogen-bond donors (Lipinski definition) is 1. The lowest BCUT2D eigenvalue weighted by Crippen LogP contribution is -2.47. The highest BCUT2D eigenvalue weighted by Crippen LogP contribution is 2.55. The summed E-state index contributed by atoms with van der Waals surface area (Å²) in [7, 11) is 0. The third-order valence-corrected chi connectivity index (χ3v) is 8.02. The van der Waals surface area contributed by atoms with Gasteiger partial charge in [-0.3, -0.25) is 0 Å². The van der Waals surface area contributed by atoms with Gasteiger partial charge in [0.25, 0.3) is 0 Å². The fourth-order valence-corrected chi connectivity index (χ4v) is 6.29. The molecule has 2 atom stereocenters. The maximum Gasteiger partial charge on any atom is 0.410 e. The molecule has 0 aromatic carbocycles. The quantitative estimate of drug-likeness (QED) is 0.524. The van der Waals surface area contributed by atoms with Crippen LogP contribution in [0.1, 0.15) is 76.7 Å². The van der Waals surface area contributed by atoms with Crippen molar-refractivity contribution in [3.05, 3.63) is 41.0 Å². The molecule has 1 saturated heterocycles. The molecule has 9 heteroatoms. The molecule has 3 heterocycles. The monoisotopic (exact) mass is 506 g/mol. The number of hydrogen-bond acceptors (Lipinski definition) is 6. The molecule has 5 rings (SSSR count). The summed E-state index contributed by atoms with van der Waals surface area (Å²) in [6.07, 6.45) is 7.36. The minimum Gasteiger partial charge on any atom is -0.444 e. The predicted molar refractivity (Wildman–Crippen MR) is 132 cm³/mol. The Labute approximate surface area is 210 Å². The Balaban J connectivity index is 1.47. The fraction of sp³-hybridized carbons (Fsp3) is 0.640. The van der Waals surface area contributed by atoms with Gasteiger partial charge in [-0.15, -0.1) is 0 Å². The molecule has 0 saturated carbocycles. The van der Waals surface area contributed by atoms with Crippen LogP contribution in [0.3, 0.4) is 0 Å². The van der Waals surface area contributed by atoms with Crippen LogP contribution in [0, 0.1) is 5.41 Å². The maximum absolute atomic E-state index is 12.7. The lowest BCUT2D eigenvalue weighted by atomic mass is 9.71. The second-order valence-corrected chi connectivity index (χ2v) is 12.7. The van der Waals surface area contributed by atoms with E-state index in [1.807, 2.05) is 32.9 Å². The van der Waals surface area contributed by atoms with Crippen LogP contribution in [0.2, 0.25) is 0 Å². The average molecular weight is 507 g/mol. The minimum absolute atomic E-state index is 0.161. The molecule has 1 amide bonds. The highest BCUT2D eigenvalue weighted by Gasteiger charge is 2.51. The van der Waals surface area contributed by atoms with Gasteiger partial charge in [0.1, 0.15) is 22.1 Å². The largest absolute Gasteiger partial charge is 0.444 e. The van der Waals surface area contributed by atoms with Gasteiger partial charge in [-0.1, -0.05) is 30.1 Å². The molecule has 184 valence electrons. The summed E-state index contributed by atoms with van der Waals surface area (Å²) in [5.74, 6) is 1.03. The van der Waals surface area contributed by atoms with E-state index in [-0.39, 0.29) is 17.4 Å². The first-order valence-electron chi connectivity index (χ1n) is 12.0. The summed E-state index contributed by atoms with van der Waals surface area (Å²) in [5.41, 5.74) is 3.37. The van der Waals surface area contributed by atoms with E-state index in [9.17, 15) is 9.90 Å². The Kier molecular flexibility index (Phi) is 5.69. The van der Waals surface area contributed by atoms with Gasteiger partial charge >= 0.3 is 6.09 Å². The number of amides is 1. The third-order valence-electron chi connectivity index (χ3n) is 7.51. The topological polar surface area (TPSA) is 78.8 Å². The number of alkyl halides is 2. The van der Waals surface area contributed by atoms with E-state index in [0.29, 0.717) is 25.9 Å². The van der Waals surface area contributed by atoms with Crippen molar-refractivity contribution in [3.8, 4) is 0 Å². The van der Waals surface area contributed by atoms with Crippen molar-refractivity contribution < 1.29 is 14.6 Å². The molecule has 1 fully saturated rings. The third kappa shape index (κ3) is 4.10. The number of aliphatic hydroxyl groups excluding tert-OH is 1. The van der Waals surface area contributed by atoms with Crippen molar-refractivity contribution in [1.29, 1.82) is 0 Å². The zero-order valence-electron chi connectivity index (χ0n) is 20.1. The number of anilines is 1. The zero-order valence-corrected chi connectivity index (χ0v) is 21.7. The molecule has 1 aromatic rings. The lowest BCUT2D eigenvalue weighted by molar-refractivity contribution is 0.0143. The van der Waals surface area contributed by atoms with Crippen LogP contribution in [-0.4, -0.2) is 55.6 Å². The van der Waals surface area contributed by atoms with E-state index >= 15 is 0 Å². The molecule has 2 aliphatic carbocycles. The molecule has 1 aromatic heterocycles. The summed E-state index contributed by atoms with van der Waals surface area (Å²) >= 11 is 13.2. The molecule has 0 radical (unpaired) electrons. The first-order chi connectivity index (χ1) is 15.9. The van der Waals surface area contributed by atoms with Gasteiger partial charge in [0.2, 0.25) is 0 Å². The predicted octanol–water partition coefficient (Wildman–Crippen LogP) is 5.24. The normalized spacial score (nSPS) is 27.3. The SMILES string of the molecule is C[C@@H]1CC(O)c2ncnc(N3CC4(CCN(C(=O)OC(C)(C)C)CC4)C4=C3C=CC(Cl)(Cl)C4)c21. The molecule has 2 aliphatic heterocycles. The van der Waals surface area contributed by atoms with Gasteiger partial charge in [0.15, 0.2) is 0 Å². The molecule has 0 bridgehead atoms. The Morgan fingerprint density at radius 1 is 1.24 bits per heavy atom. The van der Waals surface area contributed by atoms with Crippen LogP contribution in [-0.2, 0) is 4.74 Å². The van der Waals surface area contributed by atoms with E-state index in [1.165, 1.54) is 5.57 Å². The van der Waals surface area contributed by atoms with Gasteiger partial charge in [-0.25, -0.2) is 14.8 Å². The number of carbonyl (C=O) groups excluding carboxylic acids is 1. The summed E-state index contributed by atoms with van der Waals surface area (Å²) < 4.78 is 4.64. The van der Waals surface area contributed by atoms with Crippen LogP contribution in [0.5, 0.6) is 0 Å². The number of piperidine rings is 1. The van der Waals surface area contributed by atoms with Crippen molar-refractivity contribution in [1.82, 2.24) is 14.9 Å². The van der Waals surface area contributed by atoms with Crippen molar-refractivity contribution in [3.63, 3.8) is 0 Å². The van der Waals surface area contributed by atoms with Crippen LogP contribution >= 0.6 is 23.2 Å². The summed E-state index contributed by atoms with van der Waals surface area (Å²) in [4.78, 5) is 25.8. The first-order valence-corrected chi connectivity index (χ1v) is 12.7. The van der Waals surface area contributed by atoms with E-state index < -0.39 is 16.0 Å². The zero-order chi connectivity index (χ0) is 24.5. The molecule has 1 unspecified atom stereocenters. The molecule has 1 spiro atoms. The fourth-order valence-electron chi connectivity index (χ4n) is 5.89. The number of fused-ring (bicyclic) bond motifs is 2. The molecular formula is C25H32Cl2N4O3. The molecular weight excluding hydrogens is 475 g/mol. The summed E-state index contributed by atoms with van der Waals surface area (Å²) in [6.45, 7) is 9.72. The van der Waals surface area contributed by atoms with Crippen LogP contribution < -0.4 is 4.90 Å². The van der Waals surface area contributed by atoms with Crippen LogP contribution in [0.25, 0.3) is 0 Å². The average Bonchev–Trinajstić information content (AvgIpc) is 3.20. The first kappa shape index (κ1) is 23.9. The molecule has 7 nitrogen and oxygen atoms in total. The Morgan fingerprint density at radius 2 is 1.94 bits per heavy atom. The second kappa shape index (κ2) is 8.10. The number of ether oxygens (including phenoxy) is 1. The second-order valence-electron chi connectivity index (χ2n) is 11.1. The van der Waals surface area contributed by atoms with Gasteiger partial charge in [-0.05, 0) is 63.7 Å². The number of aromatic nitrogens is 2. The standard InChI is InChI=1S/C25H32Cl2N4O3/c1-15-11-18(32)20-19(15)21(29-14-28-20)31-13-24(16-12-25(26,27)6-5-17(16)31)7-9-30(10-8-24)22(33)34-23(2,3)4/h5-6,14-15,18,32H,7-13H2,1-4H3/t15-,18?/m1/s1. The van der Waals surface area contributed by atoms with Gasteiger partial charge in [-0.2, -0.15) is 0 Å². The number of aliphatic hydroxyl groups is 1. The maximum atomic E-state index is 12.7. The summed E-state index contributed by atoms with van der Waals surface area (Å²) in [6, 6.07) is 0. The highest BCUT2D eigenvalue weighted by molar-refractivity contribution is 6.50. The smallest absolute Gasteiger partial charge is 0.410 e. The number of carbonyl (C=O) groups is 1. The minimum atomic E-state index is -0.957. The van der Waals surface area contributed by atoms with Gasteiger partial charge in [0, 0.05) is 42.7 Å². The van der Waals surface area contributed by atoms with Crippen LogP contribution in [0.15, 0.2) is 29.7 Å². The number of nitrogens with zero attached hydrogens (tertiary/aromatic N) is 4. The Morgan fingerprint density at radius 3 is 2.62 bits per heavy atom. The Bertz CT molecular complexity index is 1070. The Hall–Kier alpha value is -1.83. The number of rotatable bonds is 1. The van der Waals surface area contributed by atoms with E-state index in [4.69, 9.17) is 32.9 Å². The lowest BCUT2D eigenvalue weighted by Gasteiger charge is -2.42. The van der Waals surface area contributed by atoms with E-state index in [0.717, 1.165) is 42.2 Å². The van der Waals surface area contributed by atoms with Crippen molar-refractivity contribution in [2.45, 2.75) is 75.3 Å². The molecule has 34 heavy (non-hydrogen) atoms. The van der Waals surface area contributed by atoms with Crippen molar-refractivity contribution >= 4 is 35.1 Å². The van der Waals surface area contributed by atoms with Crippen molar-refractivity contribution in [2.24, 2.45) is 5.41 Å². The van der Waals surface area contributed by atoms with Crippen molar-refractivity contribution in [2.75, 3.05) is 24.5 Å². The van der Waals surface area contributed by atoms with E-state index in [2.05, 4.69) is 16.8 Å². The van der Waals surface area contributed by atoms with Crippen LogP contribution in [0.4, 0.5) is 10.6 Å². The number of halogens is 2. The highest BCUT2D eigenvalue weighted by atomic mass is 35.5. The summed E-state index contributed by atoms with van der Waals surface area (Å²) in [5, 5.41) is 10.5. The molecule has 1 N–H and O–H groups in total. The number of likely N-dealkylation sites (tertiary alicyclic amines) is 1. The van der Waals surface area contributed by atoms with Gasteiger partial charge in [0.05, 0.1) is 11.8 Å². The molecule has 4 aliphatic rings. The van der Waals surface area contributed by atoms with E-state index in [1.54, 1.807) is 11.2 Å². The van der Waals surface area contributed by atoms with Gasteiger partial charge < -0.3 is 19.6 Å².